The van der Waals surface area contributed by atoms with Crippen molar-refractivity contribution in [3.63, 3.8) is 0 Å². The number of nitrogens with one attached hydrogen (secondary N) is 1. The second kappa shape index (κ2) is 10.9. The summed E-state index contributed by atoms with van der Waals surface area (Å²) in [6.07, 6.45) is -4.69. The van der Waals surface area contributed by atoms with Crippen molar-refractivity contribution in [1.82, 2.24) is 14.8 Å². The minimum atomic E-state index is -4.69. The Labute approximate surface area is 216 Å². The third-order valence-electron chi connectivity index (χ3n) is 5.39. The van der Waals surface area contributed by atoms with Crippen LogP contribution in [-0.2, 0) is 6.18 Å². The van der Waals surface area contributed by atoms with Crippen LogP contribution in [0.4, 0.5) is 23.2 Å². The van der Waals surface area contributed by atoms with Crippen LogP contribution in [0.3, 0.4) is 0 Å². The lowest BCUT2D eigenvalue weighted by Gasteiger charge is -2.13. The molecule has 0 saturated heterocycles. The molecule has 0 aliphatic rings. The molecule has 0 radical (unpaired) electrons. The molecule has 0 atom stereocenters. The Kier molecular flexibility index (Phi) is 7.65. The Morgan fingerprint density at radius 2 is 1.76 bits per heavy atom. The normalized spacial score (nSPS) is 11.5. The van der Waals surface area contributed by atoms with Gasteiger partial charge in [-0.3, -0.25) is 4.79 Å². The molecule has 3 aromatic carbocycles. The van der Waals surface area contributed by atoms with E-state index in [0.717, 1.165) is 19.2 Å². The predicted molar refractivity (Wildman–Crippen MR) is 133 cm³/mol. The molecule has 0 unspecified atom stereocenters. The summed E-state index contributed by atoms with van der Waals surface area (Å²) in [5, 5.41) is 6.94. The quantitative estimate of drug-likeness (QED) is 0.268. The molecule has 1 amide bonds. The molecule has 0 saturated carbocycles. The maximum absolute atomic E-state index is 14.6. The maximum atomic E-state index is 14.6. The van der Waals surface area contributed by atoms with E-state index >= 15 is 0 Å². The summed E-state index contributed by atoms with van der Waals surface area (Å²) in [7, 11) is 1.12. The molecule has 0 spiro atoms. The van der Waals surface area contributed by atoms with E-state index in [1.165, 1.54) is 16.8 Å². The first-order chi connectivity index (χ1) is 18.1. The zero-order valence-corrected chi connectivity index (χ0v) is 20.7. The number of halogens is 4. The number of carbonyl (C=O) groups excluding carboxylic acids is 1. The first-order valence-electron chi connectivity index (χ1n) is 11.6. The number of amides is 1. The van der Waals surface area contributed by atoms with Gasteiger partial charge in [0.25, 0.3) is 5.91 Å². The van der Waals surface area contributed by atoms with Gasteiger partial charge < -0.3 is 14.8 Å². The van der Waals surface area contributed by atoms with Crippen LogP contribution in [0, 0.1) is 11.7 Å². The van der Waals surface area contributed by atoms with Crippen LogP contribution in [-0.4, -0.2) is 34.4 Å². The minimum Gasteiger partial charge on any atom is -0.496 e. The Hall–Kier alpha value is -4.41. The van der Waals surface area contributed by atoms with Crippen molar-refractivity contribution in [2.45, 2.75) is 20.0 Å². The summed E-state index contributed by atoms with van der Waals surface area (Å²) in [4.78, 5) is 17.0. The summed E-state index contributed by atoms with van der Waals surface area (Å²) in [5.41, 5.74) is -0.196. The van der Waals surface area contributed by atoms with E-state index in [2.05, 4.69) is 15.4 Å². The standard InChI is InChI=1S/C27H24F4N4O3/c1-16(2)15-38-26-33-24(20-6-4-5-7-22(20)28)35(34-26)19-11-9-18(10-12-19)32-25(36)17-8-13-23(37-3)21(14-17)27(29,30)31/h4-14,16H,15H2,1-3H3,(H,32,36). The molecule has 1 aromatic heterocycles. The molecule has 0 bridgehead atoms. The third kappa shape index (κ3) is 5.93. The van der Waals surface area contributed by atoms with Gasteiger partial charge in [0.05, 0.1) is 30.5 Å². The fraction of sp³-hybridized carbons (Fsp3) is 0.222. The Balaban J connectivity index is 1.60. The van der Waals surface area contributed by atoms with Gasteiger partial charge >= 0.3 is 12.2 Å². The van der Waals surface area contributed by atoms with E-state index < -0.39 is 23.5 Å². The number of hydrogen-bond donors (Lipinski definition) is 1. The van der Waals surface area contributed by atoms with Crippen molar-refractivity contribution in [3.8, 4) is 28.8 Å². The highest BCUT2D eigenvalue weighted by Gasteiger charge is 2.35. The van der Waals surface area contributed by atoms with E-state index in [4.69, 9.17) is 9.47 Å². The third-order valence-corrected chi connectivity index (χ3v) is 5.39. The summed E-state index contributed by atoms with van der Waals surface area (Å²) in [5.74, 6) is -1.16. The van der Waals surface area contributed by atoms with Crippen LogP contribution in [0.5, 0.6) is 11.8 Å². The van der Waals surface area contributed by atoms with Gasteiger partial charge in [0.15, 0.2) is 5.82 Å². The van der Waals surface area contributed by atoms with E-state index in [0.29, 0.717) is 18.0 Å². The van der Waals surface area contributed by atoms with Crippen LogP contribution in [0.25, 0.3) is 17.1 Å². The van der Waals surface area contributed by atoms with Crippen molar-refractivity contribution >= 4 is 11.6 Å². The number of anilines is 1. The van der Waals surface area contributed by atoms with Crippen LogP contribution in [0.15, 0.2) is 66.7 Å². The molecule has 198 valence electrons. The van der Waals surface area contributed by atoms with E-state index in [9.17, 15) is 22.4 Å². The SMILES string of the molecule is COc1ccc(C(=O)Nc2ccc(-n3nc(OCC(C)C)nc3-c3ccccc3F)cc2)cc1C(F)(F)F. The van der Waals surface area contributed by atoms with Crippen molar-refractivity contribution in [3.05, 3.63) is 83.7 Å². The number of alkyl halides is 3. The monoisotopic (exact) mass is 528 g/mol. The molecule has 38 heavy (non-hydrogen) atoms. The van der Waals surface area contributed by atoms with Crippen molar-refractivity contribution < 1.29 is 31.8 Å². The highest BCUT2D eigenvalue weighted by molar-refractivity contribution is 6.04. The highest BCUT2D eigenvalue weighted by Crippen LogP contribution is 2.37. The summed E-state index contributed by atoms with van der Waals surface area (Å²) >= 11 is 0. The number of nitrogens with zero attached hydrogens (tertiary/aromatic N) is 3. The van der Waals surface area contributed by atoms with Gasteiger partial charge in [0, 0.05) is 11.3 Å². The van der Waals surface area contributed by atoms with Gasteiger partial charge in [-0.25, -0.2) is 9.07 Å². The number of rotatable bonds is 8. The Morgan fingerprint density at radius 1 is 1.05 bits per heavy atom. The lowest BCUT2D eigenvalue weighted by molar-refractivity contribution is -0.138. The van der Waals surface area contributed by atoms with Crippen LogP contribution >= 0.6 is 0 Å². The largest absolute Gasteiger partial charge is 0.496 e. The molecule has 0 aliphatic heterocycles. The number of benzene rings is 3. The Morgan fingerprint density at radius 3 is 2.39 bits per heavy atom. The van der Waals surface area contributed by atoms with Gasteiger partial charge in [0.1, 0.15) is 11.6 Å². The van der Waals surface area contributed by atoms with Gasteiger partial charge in [-0.05, 0) is 60.5 Å². The van der Waals surface area contributed by atoms with Crippen LogP contribution in [0.2, 0.25) is 0 Å². The number of aromatic nitrogens is 3. The first kappa shape index (κ1) is 26.6. The minimum absolute atomic E-state index is 0.0781. The molecule has 7 nitrogen and oxygen atoms in total. The predicted octanol–water partition coefficient (Wildman–Crippen LogP) is 6.39. The second-order valence-electron chi connectivity index (χ2n) is 8.73. The molecule has 0 fully saturated rings. The summed E-state index contributed by atoms with van der Waals surface area (Å²) in [6.45, 7) is 4.31. The highest BCUT2D eigenvalue weighted by atomic mass is 19.4. The van der Waals surface area contributed by atoms with E-state index in [-0.39, 0.29) is 34.6 Å². The molecule has 0 aliphatic carbocycles. The molecule has 11 heteroatoms. The fourth-order valence-corrected chi connectivity index (χ4v) is 3.55. The number of methoxy groups -OCH3 is 1. The lowest BCUT2D eigenvalue weighted by atomic mass is 10.1. The summed E-state index contributed by atoms with van der Waals surface area (Å²) < 4.78 is 66.3. The van der Waals surface area contributed by atoms with Crippen molar-refractivity contribution in [2.24, 2.45) is 5.92 Å². The number of hydrogen-bond acceptors (Lipinski definition) is 5. The maximum Gasteiger partial charge on any atom is 0.419 e. The average molecular weight is 529 g/mol. The van der Waals surface area contributed by atoms with Gasteiger partial charge in [-0.2, -0.15) is 18.2 Å². The summed E-state index contributed by atoms with van der Waals surface area (Å²) in [6, 6.07) is 15.6. The molecule has 4 aromatic rings. The van der Waals surface area contributed by atoms with Gasteiger partial charge in [-0.1, -0.05) is 26.0 Å². The second-order valence-corrected chi connectivity index (χ2v) is 8.73. The van der Waals surface area contributed by atoms with E-state index in [1.54, 1.807) is 42.5 Å². The fourth-order valence-electron chi connectivity index (χ4n) is 3.55. The number of ether oxygens (including phenoxy) is 2. The molecular weight excluding hydrogens is 504 g/mol. The van der Waals surface area contributed by atoms with Gasteiger partial charge in [-0.15, -0.1) is 5.10 Å². The van der Waals surface area contributed by atoms with Crippen LogP contribution in [0.1, 0.15) is 29.8 Å². The van der Waals surface area contributed by atoms with Crippen molar-refractivity contribution in [1.29, 1.82) is 0 Å². The molecule has 1 N–H and O–H groups in total. The van der Waals surface area contributed by atoms with Crippen molar-refractivity contribution in [2.75, 3.05) is 19.0 Å². The molecule has 1 heterocycles. The number of carbonyl (C=O) groups is 1. The zero-order chi connectivity index (χ0) is 27.4. The first-order valence-corrected chi connectivity index (χ1v) is 11.6. The van der Waals surface area contributed by atoms with Crippen LogP contribution < -0.4 is 14.8 Å². The smallest absolute Gasteiger partial charge is 0.419 e. The molecule has 4 rings (SSSR count). The zero-order valence-electron chi connectivity index (χ0n) is 20.7. The molecular formula is C27H24F4N4O3. The van der Waals surface area contributed by atoms with E-state index in [1.807, 2.05) is 13.8 Å². The van der Waals surface area contributed by atoms with Gasteiger partial charge in [0.2, 0.25) is 0 Å². The Bertz CT molecular complexity index is 1430. The topological polar surface area (TPSA) is 78.3 Å². The lowest BCUT2D eigenvalue weighted by Crippen LogP contribution is -2.15. The average Bonchev–Trinajstić information content (AvgIpc) is 3.31.